The number of nitrogens with one attached hydrogen (secondary N) is 1. The van der Waals surface area contributed by atoms with E-state index in [-0.39, 0.29) is 11.0 Å². The SMILES string of the molecule is CC(c1ccccc1)n1c(=O)[nH]c2ccc(F)c(F)c21. The van der Waals surface area contributed by atoms with E-state index >= 15 is 0 Å². The molecule has 0 fully saturated rings. The number of hydrogen-bond donors (Lipinski definition) is 1. The Hall–Kier alpha value is -2.43. The standard InChI is InChI=1S/C15H12F2N2O/c1-9(10-5-3-2-4-6-10)19-14-12(18-15(19)20)8-7-11(16)13(14)17/h2-9H,1H3,(H,18,20). The normalized spacial score (nSPS) is 12.8. The summed E-state index contributed by atoms with van der Waals surface area (Å²) in [5.41, 5.74) is 0.642. The highest BCUT2D eigenvalue weighted by Gasteiger charge is 2.19. The first kappa shape index (κ1) is 12.6. The summed E-state index contributed by atoms with van der Waals surface area (Å²) in [6, 6.07) is 11.2. The molecule has 3 nitrogen and oxygen atoms in total. The molecular formula is C15H12F2N2O. The summed E-state index contributed by atoms with van der Waals surface area (Å²) in [6.45, 7) is 1.77. The molecule has 2 aromatic carbocycles. The molecule has 1 N–H and O–H groups in total. The second kappa shape index (κ2) is 4.59. The lowest BCUT2D eigenvalue weighted by Crippen LogP contribution is -2.21. The van der Waals surface area contributed by atoms with Crippen LogP contribution in [0.2, 0.25) is 0 Å². The molecule has 0 radical (unpaired) electrons. The Morgan fingerprint density at radius 3 is 2.50 bits per heavy atom. The predicted octanol–water partition coefficient (Wildman–Crippen LogP) is 3.22. The molecule has 0 saturated carbocycles. The zero-order valence-electron chi connectivity index (χ0n) is 10.7. The lowest BCUT2D eigenvalue weighted by atomic mass is 10.1. The molecule has 20 heavy (non-hydrogen) atoms. The Balaban J connectivity index is 2.29. The van der Waals surface area contributed by atoms with Crippen LogP contribution in [0.15, 0.2) is 47.3 Å². The maximum Gasteiger partial charge on any atom is 0.327 e. The lowest BCUT2D eigenvalue weighted by molar-refractivity contribution is 0.507. The minimum atomic E-state index is -1.01. The number of aromatic nitrogens is 2. The highest BCUT2D eigenvalue weighted by atomic mass is 19.2. The van der Waals surface area contributed by atoms with Gasteiger partial charge in [-0.25, -0.2) is 13.6 Å². The summed E-state index contributed by atoms with van der Waals surface area (Å²) in [4.78, 5) is 14.6. The van der Waals surface area contributed by atoms with Crippen molar-refractivity contribution >= 4 is 11.0 Å². The van der Waals surface area contributed by atoms with Crippen LogP contribution in [0.25, 0.3) is 11.0 Å². The summed E-state index contributed by atoms with van der Waals surface area (Å²) in [7, 11) is 0. The van der Waals surface area contributed by atoms with Crippen LogP contribution in [-0.2, 0) is 0 Å². The molecule has 1 unspecified atom stereocenters. The predicted molar refractivity (Wildman–Crippen MR) is 72.7 cm³/mol. The maximum absolute atomic E-state index is 14.0. The number of fused-ring (bicyclic) bond motifs is 1. The molecule has 0 saturated heterocycles. The van der Waals surface area contributed by atoms with Crippen molar-refractivity contribution in [1.29, 1.82) is 0 Å². The summed E-state index contributed by atoms with van der Waals surface area (Å²) in [5, 5.41) is 0. The van der Waals surface area contributed by atoms with E-state index in [1.807, 2.05) is 30.3 Å². The van der Waals surface area contributed by atoms with Crippen molar-refractivity contribution in [3.05, 3.63) is 70.1 Å². The molecule has 0 aliphatic rings. The highest BCUT2D eigenvalue weighted by Crippen LogP contribution is 2.24. The number of H-pyrrole nitrogens is 1. The first-order valence-electron chi connectivity index (χ1n) is 6.22. The monoisotopic (exact) mass is 274 g/mol. The Labute approximate surface area is 113 Å². The minimum Gasteiger partial charge on any atom is -0.305 e. The summed E-state index contributed by atoms with van der Waals surface area (Å²) in [5.74, 6) is -1.98. The summed E-state index contributed by atoms with van der Waals surface area (Å²) >= 11 is 0. The molecule has 102 valence electrons. The van der Waals surface area contributed by atoms with Gasteiger partial charge in [0.1, 0.15) is 5.52 Å². The quantitative estimate of drug-likeness (QED) is 0.765. The van der Waals surface area contributed by atoms with Crippen molar-refractivity contribution in [2.75, 3.05) is 0 Å². The van der Waals surface area contributed by atoms with Gasteiger partial charge in [0.25, 0.3) is 0 Å². The van der Waals surface area contributed by atoms with Gasteiger partial charge in [0, 0.05) is 0 Å². The smallest absolute Gasteiger partial charge is 0.305 e. The average Bonchev–Trinajstić information content (AvgIpc) is 2.80. The summed E-state index contributed by atoms with van der Waals surface area (Å²) < 4.78 is 28.6. The zero-order chi connectivity index (χ0) is 14.3. The van der Waals surface area contributed by atoms with E-state index in [2.05, 4.69) is 4.98 Å². The van der Waals surface area contributed by atoms with Crippen LogP contribution in [0.4, 0.5) is 8.78 Å². The molecule has 0 amide bonds. The fourth-order valence-electron chi connectivity index (χ4n) is 2.40. The average molecular weight is 274 g/mol. The number of imidazole rings is 1. The van der Waals surface area contributed by atoms with Gasteiger partial charge >= 0.3 is 5.69 Å². The Bertz CT molecular complexity index is 821. The largest absolute Gasteiger partial charge is 0.327 e. The van der Waals surface area contributed by atoms with Crippen molar-refractivity contribution in [3.63, 3.8) is 0 Å². The number of rotatable bonds is 2. The molecule has 0 spiro atoms. The third-order valence-electron chi connectivity index (χ3n) is 3.44. The molecular weight excluding hydrogens is 262 g/mol. The van der Waals surface area contributed by atoms with Gasteiger partial charge in [0.2, 0.25) is 0 Å². The van der Waals surface area contributed by atoms with E-state index in [9.17, 15) is 13.6 Å². The third kappa shape index (κ3) is 1.82. The van der Waals surface area contributed by atoms with Crippen LogP contribution in [0.1, 0.15) is 18.5 Å². The molecule has 1 atom stereocenters. The Morgan fingerprint density at radius 2 is 1.80 bits per heavy atom. The van der Waals surface area contributed by atoms with Crippen LogP contribution < -0.4 is 5.69 Å². The van der Waals surface area contributed by atoms with Gasteiger partial charge in [-0.05, 0) is 24.6 Å². The number of nitrogens with zero attached hydrogens (tertiary/aromatic N) is 1. The van der Waals surface area contributed by atoms with Crippen LogP contribution in [0.3, 0.4) is 0 Å². The van der Waals surface area contributed by atoms with E-state index in [4.69, 9.17) is 0 Å². The topological polar surface area (TPSA) is 37.8 Å². The van der Waals surface area contributed by atoms with E-state index in [0.29, 0.717) is 0 Å². The lowest BCUT2D eigenvalue weighted by Gasteiger charge is -2.14. The van der Waals surface area contributed by atoms with E-state index in [1.165, 1.54) is 10.6 Å². The van der Waals surface area contributed by atoms with E-state index in [0.717, 1.165) is 11.6 Å². The third-order valence-corrected chi connectivity index (χ3v) is 3.44. The molecule has 0 bridgehead atoms. The van der Waals surface area contributed by atoms with Gasteiger partial charge in [-0.15, -0.1) is 0 Å². The van der Waals surface area contributed by atoms with E-state index in [1.54, 1.807) is 6.92 Å². The first-order valence-corrected chi connectivity index (χ1v) is 6.22. The second-order valence-corrected chi connectivity index (χ2v) is 4.64. The van der Waals surface area contributed by atoms with Crippen molar-refractivity contribution in [1.82, 2.24) is 9.55 Å². The van der Waals surface area contributed by atoms with E-state index < -0.39 is 23.4 Å². The Morgan fingerprint density at radius 1 is 1.10 bits per heavy atom. The van der Waals surface area contributed by atoms with Gasteiger partial charge < -0.3 is 4.98 Å². The molecule has 0 aliphatic heterocycles. The molecule has 1 aromatic heterocycles. The molecule has 1 heterocycles. The van der Waals surface area contributed by atoms with Gasteiger partial charge in [-0.1, -0.05) is 30.3 Å². The van der Waals surface area contributed by atoms with Gasteiger partial charge in [-0.3, -0.25) is 4.57 Å². The summed E-state index contributed by atoms with van der Waals surface area (Å²) in [6.07, 6.45) is 0. The van der Waals surface area contributed by atoms with Crippen LogP contribution >= 0.6 is 0 Å². The van der Waals surface area contributed by atoms with Gasteiger partial charge in [0.15, 0.2) is 11.6 Å². The Kier molecular flexibility index (Phi) is 2.89. The number of hydrogen-bond acceptors (Lipinski definition) is 1. The van der Waals surface area contributed by atoms with Crippen LogP contribution in [-0.4, -0.2) is 9.55 Å². The first-order chi connectivity index (χ1) is 9.59. The van der Waals surface area contributed by atoms with Crippen molar-refractivity contribution in [3.8, 4) is 0 Å². The van der Waals surface area contributed by atoms with Gasteiger partial charge in [0.05, 0.1) is 11.6 Å². The maximum atomic E-state index is 14.0. The number of halogens is 2. The van der Waals surface area contributed by atoms with Gasteiger partial charge in [-0.2, -0.15) is 0 Å². The highest BCUT2D eigenvalue weighted by molar-refractivity contribution is 5.76. The zero-order valence-corrected chi connectivity index (χ0v) is 10.7. The minimum absolute atomic E-state index is 0.0358. The number of benzene rings is 2. The van der Waals surface area contributed by atoms with Crippen molar-refractivity contribution < 1.29 is 8.78 Å². The second-order valence-electron chi connectivity index (χ2n) is 4.64. The van der Waals surface area contributed by atoms with Crippen molar-refractivity contribution in [2.45, 2.75) is 13.0 Å². The molecule has 3 aromatic rings. The molecule has 3 rings (SSSR count). The number of aromatic amines is 1. The van der Waals surface area contributed by atoms with Crippen LogP contribution in [0.5, 0.6) is 0 Å². The fraction of sp³-hybridized carbons (Fsp3) is 0.133. The fourth-order valence-corrected chi connectivity index (χ4v) is 2.40. The van der Waals surface area contributed by atoms with Crippen molar-refractivity contribution in [2.24, 2.45) is 0 Å². The molecule has 0 aliphatic carbocycles. The molecule has 5 heteroatoms. The van der Waals surface area contributed by atoms with Crippen LogP contribution in [0, 0.1) is 11.6 Å².